The summed E-state index contributed by atoms with van der Waals surface area (Å²) in [6.07, 6.45) is 1.34. The van der Waals surface area contributed by atoms with Gasteiger partial charge >= 0.3 is 0 Å². The Morgan fingerprint density at radius 3 is 2.57 bits per heavy atom. The molecule has 21 heavy (non-hydrogen) atoms. The van der Waals surface area contributed by atoms with Gasteiger partial charge in [0.2, 0.25) is 10.0 Å². The SMILES string of the molecule is CN(C)S(=O)(=O)c1ccc(Nc2cccc(CCl)c2)nc1. The lowest BCUT2D eigenvalue weighted by atomic mass is 10.2. The Bertz CT molecular complexity index is 715. The molecule has 0 aliphatic carbocycles. The maximum absolute atomic E-state index is 11.9. The molecule has 112 valence electrons. The fourth-order valence-electron chi connectivity index (χ4n) is 1.70. The van der Waals surface area contributed by atoms with Crippen molar-refractivity contribution < 1.29 is 8.42 Å². The van der Waals surface area contributed by atoms with Crippen LogP contribution in [0, 0.1) is 0 Å². The standard InChI is InChI=1S/C14H16ClN3O2S/c1-18(2)21(19,20)13-6-7-14(16-10-13)17-12-5-3-4-11(8-12)9-15/h3-8,10H,9H2,1-2H3,(H,16,17). The zero-order chi connectivity index (χ0) is 15.5. The molecule has 2 rings (SSSR count). The first-order valence-electron chi connectivity index (χ1n) is 6.24. The zero-order valence-electron chi connectivity index (χ0n) is 11.7. The predicted molar refractivity (Wildman–Crippen MR) is 84.4 cm³/mol. The number of sulfonamides is 1. The molecule has 0 aliphatic heterocycles. The lowest BCUT2D eigenvalue weighted by molar-refractivity contribution is 0.520. The van der Waals surface area contributed by atoms with Crippen molar-refractivity contribution in [3.05, 3.63) is 48.2 Å². The summed E-state index contributed by atoms with van der Waals surface area (Å²) in [5.41, 5.74) is 1.84. The molecule has 0 bridgehead atoms. The summed E-state index contributed by atoms with van der Waals surface area (Å²) in [6.45, 7) is 0. The highest BCUT2D eigenvalue weighted by molar-refractivity contribution is 7.89. The first kappa shape index (κ1) is 15.8. The third-order valence-electron chi connectivity index (χ3n) is 2.87. The molecule has 0 atom stereocenters. The highest BCUT2D eigenvalue weighted by atomic mass is 35.5. The molecular formula is C14H16ClN3O2S. The summed E-state index contributed by atoms with van der Waals surface area (Å²) >= 11 is 5.79. The summed E-state index contributed by atoms with van der Waals surface area (Å²) < 4.78 is 25.0. The lowest BCUT2D eigenvalue weighted by Gasteiger charge is -2.12. The van der Waals surface area contributed by atoms with E-state index < -0.39 is 10.0 Å². The van der Waals surface area contributed by atoms with Gasteiger partial charge in [0.05, 0.1) is 0 Å². The van der Waals surface area contributed by atoms with E-state index in [-0.39, 0.29) is 4.90 Å². The average molecular weight is 326 g/mol. The van der Waals surface area contributed by atoms with Gasteiger partial charge in [0, 0.05) is 31.9 Å². The van der Waals surface area contributed by atoms with E-state index >= 15 is 0 Å². The quantitative estimate of drug-likeness (QED) is 0.859. The fraction of sp³-hybridized carbons (Fsp3) is 0.214. The first-order chi connectivity index (χ1) is 9.93. The number of hydrogen-bond acceptors (Lipinski definition) is 4. The van der Waals surface area contributed by atoms with Gasteiger partial charge in [-0.2, -0.15) is 0 Å². The minimum Gasteiger partial charge on any atom is -0.340 e. The van der Waals surface area contributed by atoms with E-state index in [1.165, 1.54) is 26.4 Å². The van der Waals surface area contributed by atoms with Gasteiger partial charge < -0.3 is 5.32 Å². The van der Waals surface area contributed by atoms with Crippen LogP contribution in [-0.4, -0.2) is 31.8 Å². The predicted octanol–water partition coefficient (Wildman–Crippen LogP) is 2.81. The molecule has 0 spiro atoms. The van der Waals surface area contributed by atoms with Crippen molar-refractivity contribution in [2.75, 3.05) is 19.4 Å². The number of anilines is 2. The zero-order valence-corrected chi connectivity index (χ0v) is 13.3. The van der Waals surface area contributed by atoms with Crippen molar-refractivity contribution in [1.29, 1.82) is 0 Å². The second-order valence-electron chi connectivity index (χ2n) is 4.63. The molecule has 0 aliphatic rings. The molecule has 1 aromatic carbocycles. The Morgan fingerprint density at radius 1 is 1.24 bits per heavy atom. The molecule has 0 saturated carbocycles. The number of hydrogen-bond donors (Lipinski definition) is 1. The molecular weight excluding hydrogens is 310 g/mol. The second-order valence-corrected chi connectivity index (χ2v) is 7.04. The van der Waals surface area contributed by atoms with E-state index in [1.807, 2.05) is 24.3 Å². The molecule has 0 saturated heterocycles. The van der Waals surface area contributed by atoms with Crippen LogP contribution in [0.3, 0.4) is 0 Å². The lowest BCUT2D eigenvalue weighted by Crippen LogP contribution is -2.22. The van der Waals surface area contributed by atoms with E-state index in [0.29, 0.717) is 11.7 Å². The Kier molecular flexibility index (Phi) is 4.82. The number of alkyl halides is 1. The number of rotatable bonds is 5. The van der Waals surface area contributed by atoms with Gasteiger partial charge in [-0.1, -0.05) is 12.1 Å². The summed E-state index contributed by atoms with van der Waals surface area (Å²) in [6, 6.07) is 10.8. The van der Waals surface area contributed by atoms with Gasteiger partial charge in [-0.3, -0.25) is 0 Å². The van der Waals surface area contributed by atoms with Crippen LogP contribution in [0.1, 0.15) is 5.56 Å². The van der Waals surface area contributed by atoms with Crippen LogP contribution in [-0.2, 0) is 15.9 Å². The third kappa shape index (κ3) is 3.72. The van der Waals surface area contributed by atoms with Gasteiger partial charge in [-0.15, -0.1) is 11.6 Å². The maximum atomic E-state index is 11.9. The molecule has 1 aromatic heterocycles. The van der Waals surface area contributed by atoms with Gasteiger partial charge in [0.1, 0.15) is 10.7 Å². The van der Waals surface area contributed by atoms with E-state index in [4.69, 9.17) is 11.6 Å². The number of halogens is 1. The highest BCUT2D eigenvalue weighted by Gasteiger charge is 2.17. The van der Waals surface area contributed by atoms with Crippen molar-refractivity contribution in [3.8, 4) is 0 Å². The van der Waals surface area contributed by atoms with E-state index in [0.717, 1.165) is 15.6 Å². The first-order valence-corrected chi connectivity index (χ1v) is 8.21. The fourth-order valence-corrected chi connectivity index (χ4v) is 2.71. The molecule has 0 amide bonds. The van der Waals surface area contributed by atoms with Crippen LogP contribution in [0.5, 0.6) is 0 Å². The van der Waals surface area contributed by atoms with Crippen LogP contribution < -0.4 is 5.32 Å². The monoisotopic (exact) mass is 325 g/mol. The maximum Gasteiger partial charge on any atom is 0.244 e. The van der Waals surface area contributed by atoms with Gasteiger partial charge in [-0.05, 0) is 29.8 Å². The van der Waals surface area contributed by atoms with Gasteiger partial charge in [-0.25, -0.2) is 17.7 Å². The van der Waals surface area contributed by atoms with Gasteiger partial charge in [0.25, 0.3) is 0 Å². The molecule has 5 nitrogen and oxygen atoms in total. The molecule has 1 N–H and O–H groups in total. The van der Waals surface area contributed by atoms with Crippen LogP contribution in [0.25, 0.3) is 0 Å². The highest BCUT2D eigenvalue weighted by Crippen LogP contribution is 2.19. The Labute approximate surface area is 129 Å². The number of nitrogens with one attached hydrogen (secondary N) is 1. The molecule has 7 heteroatoms. The largest absolute Gasteiger partial charge is 0.340 e. The number of pyridine rings is 1. The smallest absolute Gasteiger partial charge is 0.244 e. The van der Waals surface area contributed by atoms with Crippen LogP contribution in [0.15, 0.2) is 47.5 Å². The Balaban J connectivity index is 2.20. The molecule has 0 unspecified atom stereocenters. The minimum atomic E-state index is -3.45. The average Bonchev–Trinajstić information content (AvgIpc) is 2.48. The topological polar surface area (TPSA) is 62.3 Å². The van der Waals surface area contributed by atoms with E-state index in [9.17, 15) is 8.42 Å². The molecule has 0 fully saturated rings. The summed E-state index contributed by atoms with van der Waals surface area (Å²) in [5.74, 6) is 1.00. The van der Waals surface area contributed by atoms with Crippen LogP contribution >= 0.6 is 11.6 Å². The summed E-state index contributed by atoms with van der Waals surface area (Å²) in [4.78, 5) is 4.29. The second kappa shape index (κ2) is 6.43. The van der Waals surface area contributed by atoms with Crippen molar-refractivity contribution in [2.24, 2.45) is 0 Å². The molecule has 0 radical (unpaired) electrons. The Morgan fingerprint density at radius 2 is 2.00 bits per heavy atom. The number of aromatic nitrogens is 1. The van der Waals surface area contributed by atoms with Crippen LogP contribution in [0.2, 0.25) is 0 Å². The van der Waals surface area contributed by atoms with Crippen LogP contribution in [0.4, 0.5) is 11.5 Å². The van der Waals surface area contributed by atoms with Crippen molar-refractivity contribution in [3.63, 3.8) is 0 Å². The normalized spacial score (nSPS) is 11.6. The number of benzene rings is 1. The van der Waals surface area contributed by atoms with E-state index in [2.05, 4.69) is 10.3 Å². The summed E-state index contributed by atoms with van der Waals surface area (Å²) in [7, 11) is -0.481. The molecule has 1 heterocycles. The third-order valence-corrected chi connectivity index (χ3v) is 4.98. The van der Waals surface area contributed by atoms with E-state index in [1.54, 1.807) is 6.07 Å². The molecule has 2 aromatic rings. The minimum absolute atomic E-state index is 0.160. The summed E-state index contributed by atoms with van der Waals surface area (Å²) in [5, 5.41) is 3.11. The van der Waals surface area contributed by atoms with Crippen molar-refractivity contribution in [2.45, 2.75) is 10.8 Å². The van der Waals surface area contributed by atoms with Crippen molar-refractivity contribution in [1.82, 2.24) is 9.29 Å². The van der Waals surface area contributed by atoms with Gasteiger partial charge in [0.15, 0.2) is 0 Å². The van der Waals surface area contributed by atoms with Crippen molar-refractivity contribution >= 4 is 33.1 Å². The number of nitrogens with zero attached hydrogens (tertiary/aromatic N) is 2. The Hall–Kier alpha value is -1.63.